The van der Waals surface area contributed by atoms with Crippen molar-refractivity contribution in [1.29, 1.82) is 0 Å². The maximum atomic E-state index is 12.3. The second-order valence-corrected chi connectivity index (χ2v) is 6.74. The highest BCUT2D eigenvalue weighted by atomic mass is 32.2. The molecular weight excluding hydrogens is 302 g/mol. The Morgan fingerprint density at radius 3 is 2.62 bits per heavy atom. The summed E-state index contributed by atoms with van der Waals surface area (Å²) in [4.78, 5) is 33.8. The van der Waals surface area contributed by atoms with Crippen LogP contribution in [0.1, 0.15) is 32.1 Å². The smallest absolute Gasteiger partial charge is 0.322 e. The Morgan fingerprint density at radius 2 is 2.00 bits per heavy atom. The van der Waals surface area contributed by atoms with Crippen LogP contribution in [0.25, 0.3) is 0 Å². The van der Waals surface area contributed by atoms with Gasteiger partial charge in [-0.25, -0.2) is 0 Å². The highest BCUT2D eigenvalue weighted by Crippen LogP contribution is 2.20. The third kappa shape index (κ3) is 3.57. The predicted molar refractivity (Wildman–Crippen MR) is 70.2 cm³/mol. The van der Waals surface area contributed by atoms with Crippen molar-refractivity contribution in [2.75, 3.05) is 6.54 Å². The zero-order valence-electron chi connectivity index (χ0n) is 11.2. The number of hydrogen-bond donors (Lipinski definition) is 3. The molecule has 3 N–H and O–H groups in total. The van der Waals surface area contributed by atoms with Gasteiger partial charge in [0.1, 0.15) is 12.1 Å². The molecule has 0 aliphatic carbocycles. The molecule has 0 aromatic heterocycles. The Balaban J connectivity index is 2.11. The summed E-state index contributed by atoms with van der Waals surface area (Å²) >= 11 is 0. The number of rotatable bonds is 4. The van der Waals surface area contributed by atoms with Crippen molar-refractivity contribution in [2.45, 2.75) is 44.2 Å². The molecule has 21 heavy (non-hydrogen) atoms. The fourth-order valence-electron chi connectivity index (χ4n) is 2.49. The standard InChI is InChI=1S/C11H17N3O6S/c15-9-5-4-7(10(16)12-9)13-21(19,20)14-6-2-1-3-8(14)11(17)18/h7-8,13H,1-6H2,(H,17,18)(H,12,15,16). The van der Waals surface area contributed by atoms with Crippen molar-refractivity contribution in [2.24, 2.45) is 0 Å². The molecule has 0 spiro atoms. The van der Waals surface area contributed by atoms with Crippen LogP contribution in [-0.2, 0) is 24.6 Å². The van der Waals surface area contributed by atoms with Crippen molar-refractivity contribution in [1.82, 2.24) is 14.3 Å². The van der Waals surface area contributed by atoms with E-state index in [-0.39, 0.29) is 25.8 Å². The molecule has 0 aromatic rings. The Bertz CT molecular complexity index is 560. The van der Waals surface area contributed by atoms with Gasteiger partial charge in [-0.2, -0.15) is 17.4 Å². The monoisotopic (exact) mass is 319 g/mol. The topological polar surface area (TPSA) is 133 Å². The fourth-order valence-corrected chi connectivity index (χ4v) is 4.11. The molecule has 2 amide bonds. The summed E-state index contributed by atoms with van der Waals surface area (Å²) in [5.41, 5.74) is 0. The van der Waals surface area contributed by atoms with Crippen molar-refractivity contribution < 1.29 is 27.9 Å². The van der Waals surface area contributed by atoms with Crippen LogP contribution in [0.2, 0.25) is 0 Å². The molecule has 118 valence electrons. The van der Waals surface area contributed by atoms with E-state index >= 15 is 0 Å². The van der Waals surface area contributed by atoms with E-state index in [0.29, 0.717) is 12.8 Å². The van der Waals surface area contributed by atoms with E-state index in [1.807, 2.05) is 5.32 Å². The van der Waals surface area contributed by atoms with Gasteiger partial charge in [0, 0.05) is 13.0 Å². The minimum absolute atomic E-state index is 0.0429. The van der Waals surface area contributed by atoms with Gasteiger partial charge in [0.2, 0.25) is 11.8 Å². The van der Waals surface area contributed by atoms with Gasteiger partial charge >= 0.3 is 5.97 Å². The van der Waals surface area contributed by atoms with Gasteiger partial charge in [-0.05, 0) is 25.7 Å². The largest absolute Gasteiger partial charge is 0.480 e. The second kappa shape index (κ2) is 6.08. The molecule has 2 atom stereocenters. The molecular formula is C11H17N3O6S. The summed E-state index contributed by atoms with van der Waals surface area (Å²) < 4.78 is 27.6. The molecule has 0 bridgehead atoms. The van der Waals surface area contributed by atoms with Crippen LogP contribution in [0.3, 0.4) is 0 Å². The van der Waals surface area contributed by atoms with Crippen LogP contribution in [0.4, 0.5) is 0 Å². The number of amides is 2. The van der Waals surface area contributed by atoms with Gasteiger partial charge in [-0.1, -0.05) is 0 Å². The van der Waals surface area contributed by atoms with E-state index < -0.39 is 40.1 Å². The normalized spacial score (nSPS) is 28.2. The number of imide groups is 1. The lowest BCUT2D eigenvalue weighted by Gasteiger charge is -2.33. The quantitative estimate of drug-likeness (QED) is 0.544. The first-order chi connectivity index (χ1) is 9.81. The fraction of sp³-hybridized carbons (Fsp3) is 0.727. The minimum atomic E-state index is -4.10. The molecule has 2 aliphatic rings. The summed E-state index contributed by atoms with van der Waals surface area (Å²) in [5.74, 6) is -2.36. The van der Waals surface area contributed by atoms with Crippen LogP contribution in [0.15, 0.2) is 0 Å². The summed E-state index contributed by atoms with van der Waals surface area (Å²) in [6.45, 7) is 0.0968. The number of nitrogens with one attached hydrogen (secondary N) is 2. The first-order valence-corrected chi connectivity index (χ1v) is 8.11. The van der Waals surface area contributed by atoms with E-state index in [1.54, 1.807) is 0 Å². The number of nitrogens with zero attached hydrogens (tertiary/aromatic N) is 1. The average Bonchev–Trinajstić information content (AvgIpc) is 2.42. The van der Waals surface area contributed by atoms with Crippen molar-refractivity contribution >= 4 is 28.0 Å². The van der Waals surface area contributed by atoms with Crippen LogP contribution < -0.4 is 10.0 Å². The van der Waals surface area contributed by atoms with Crippen LogP contribution in [-0.4, -0.2) is 54.2 Å². The Morgan fingerprint density at radius 1 is 1.29 bits per heavy atom. The first-order valence-electron chi connectivity index (χ1n) is 6.67. The molecule has 2 saturated heterocycles. The number of carbonyl (C=O) groups excluding carboxylic acids is 2. The molecule has 2 rings (SSSR count). The number of aliphatic carboxylic acids is 1. The van der Waals surface area contributed by atoms with Gasteiger partial charge in [-0.15, -0.1) is 0 Å². The van der Waals surface area contributed by atoms with E-state index in [9.17, 15) is 22.8 Å². The zero-order chi connectivity index (χ0) is 15.6. The first kappa shape index (κ1) is 15.9. The second-order valence-electron chi connectivity index (χ2n) is 5.09. The summed E-state index contributed by atoms with van der Waals surface area (Å²) in [5, 5.41) is 11.2. The number of carboxylic acids is 1. The van der Waals surface area contributed by atoms with Crippen molar-refractivity contribution in [3.8, 4) is 0 Å². The number of hydrogen-bond acceptors (Lipinski definition) is 5. The van der Waals surface area contributed by atoms with Gasteiger partial charge in [-0.3, -0.25) is 19.7 Å². The Labute approximate surface area is 121 Å². The molecule has 2 heterocycles. The van der Waals surface area contributed by atoms with E-state index in [1.165, 1.54) is 0 Å². The van der Waals surface area contributed by atoms with E-state index in [4.69, 9.17) is 5.11 Å². The van der Waals surface area contributed by atoms with Crippen LogP contribution >= 0.6 is 0 Å². The maximum absolute atomic E-state index is 12.3. The van der Waals surface area contributed by atoms with Crippen LogP contribution in [0, 0.1) is 0 Å². The zero-order valence-corrected chi connectivity index (χ0v) is 12.1. The predicted octanol–water partition coefficient (Wildman–Crippen LogP) is -1.43. The number of carboxylic acid groups (broad SMARTS) is 1. The summed E-state index contributed by atoms with van der Waals surface area (Å²) in [7, 11) is -4.10. The van der Waals surface area contributed by atoms with E-state index in [0.717, 1.165) is 4.31 Å². The molecule has 9 nitrogen and oxygen atoms in total. The minimum Gasteiger partial charge on any atom is -0.480 e. The summed E-state index contributed by atoms with van der Waals surface area (Å²) in [6.07, 6.45) is 1.56. The molecule has 10 heteroatoms. The molecule has 2 unspecified atom stereocenters. The lowest BCUT2D eigenvalue weighted by molar-refractivity contribution is -0.142. The van der Waals surface area contributed by atoms with Crippen LogP contribution in [0.5, 0.6) is 0 Å². The molecule has 2 aliphatic heterocycles. The van der Waals surface area contributed by atoms with Crippen molar-refractivity contribution in [3.63, 3.8) is 0 Å². The third-order valence-corrected chi connectivity index (χ3v) is 5.21. The highest BCUT2D eigenvalue weighted by molar-refractivity contribution is 7.87. The van der Waals surface area contributed by atoms with Gasteiger partial charge < -0.3 is 5.11 Å². The highest BCUT2D eigenvalue weighted by Gasteiger charge is 2.39. The SMILES string of the molecule is O=C1CCC(NS(=O)(=O)N2CCCCC2C(=O)O)C(=O)N1. The molecule has 0 radical (unpaired) electrons. The van der Waals surface area contributed by atoms with E-state index in [2.05, 4.69) is 4.72 Å². The average molecular weight is 319 g/mol. The number of carbonyl (C=O) groups is 3. The Hall–Kier alpha value is -1.52. The summed E-state index contributed by atoms with van der Waals surface area (Å²) in [6, 6.07) is -2.17. The van der Waals surface area contributed by atoms with Gasteiger partial charge in [0.25, 0.3) is 10.2 Å². The molecule has 0 saturated carbocycles. The maximum Gasteiger partial charge on any atom is 0.322 e. The Kier molecular flexibility index (Phi) is 4.59. The lowest BCUT2D eigenvalue weighted by atomic mass is 10.1. The van der Waals surface area contributed by atoms with Crippen molar-refractivity contribution in [3.05, 3.63) is 0 Å². The number of piperidine rings is 2. The third-order valence-electron chi connectivity index (χ3n) is 3.58. The molecule has 2 fully saturated rings. The van der Waals surface area contributed by atoms with Gasteiger partial charge in [0.15, 0.2) is 0 Å². The lowest BCUT2D eigenvalue weighted by Crippen LogP contribution is -2.58. The van der Waals surface area contributed by atoms with Gasteiger partial charge in [0.05, 0.1) is 0 Å². The molecule has 0 aromatic carbocycles.